The molecule has 1 heterocycles. The van der Waals surface area contributed by atoms with Gasteiger partial charge in [0.15, 0.2) is 11.5 Å². The number of carbonyl (C=O) groups excluding carboxylic acids is 1. The number of aliphatic carboxylic acids is 1. The number of carbonyl (C=O) groups is 2. The fourth-order valence-corrected chi connectivity index (χ4v) is 3.27. The van der Waals surface area contributed by atoms with Crippen molar-refractivity contribution in [3.8, 4) is 11.5 Å². The summed E-state index contributed by atoms with van der Waals surface area (Å²) in [7, 11) is 1.35. The van der Waals surface area contributed by atoms with Gasteiger partial charge in [0.05, 0.1) is 18.1 Å². The molecule has 156 valence electrons. The smallest absolute Gasteiger partial charge is 0.326 e. The Morgan fingerprint density at radius 3 is 2.57 bits per heavy atom. The lowest BCUT2D eigenvalue weighted by molar-refractivity contribution is -0.385. The van der Waals surface area contributed by atoms with Gasteiger partial charge < -0.3 is 19.5 Å². The van der Waals surface area contributed by atoms with E-state index in [1.807, 2.05) is 30.3 Å². The molecule has 1 unspecified atom stereocenters. The van der Waals surface area contributed by atoms with Crippen LogP contribution < -0.4 is 9.47 Å². The van der Waals surface area contributed by atoms with E-state index in [9.17, 15) is 24.8 Å². The summed E-state index contributed by atoms with van der Waals surface area (Å²) >= 11 is 0. The van der Waals surface area contributed by atoms with Gasteiger partial charge in [-0.3, -0.25) is 14.9 Å². The molecule has 1 saturated heterocycles. The highest BCUT2D eigenvalue weighted by Crippen LogP contribution is 2.37. The third-order valence-electron chi connectivity index (χ3n) is 4.74. The summed E-state index contributed by atoms with van der Waals surface area (Å²) in [4.78, 5) is 36.5. The van der Waals surface area contributed by atoms with Gasteiger partial charge >= 0.3 is 5.97 Å². The Labute approximate surface area is 172 Å². The number of nitro benzene ring substituents is 1. The minimum Gasteiger partial charge on any atom is -0.493 e. The van der Waals surface area contributed by atoms with Crippen LogP contribution in [0.1, 0.15) is 22.3 Å². The third kappa shape index (κ3) is 4.24. The number of carboxylic acid groups (broad SMARTS) is 1. The zero-order valence-electron chi connectivity index (χ0n) is 16.2. The Balaban J connectivity index is 1.96. The van der Waals surface area contributed by atoms with Gasteiger partial charge in [0.2, 0.25) is 0 Å². The summed E-state index contributed by atoms with van der Waals surface area (Å²) < 4.78 is 10.9. The molecule has 0 saturated carbocycles. The van der Waals surface area contributed by atoms with Crippen LogP contribution in [0.15, 0.2) is 54.6 Å². The van der Waals surface area contributed by atoms with Gasteiger partial charge in [-0.05, 0) is 5.56 Å². The van der Waals surface area contributed by atoms with E-state index in [1.54, 1.807) is 0 Å². The van der Waals surface area contributed by atoms with Crippen LogP contribution in [0.25, 0.3) is 0 Å². The van der Waals surface area contributed by atoms with Crippen LogP contribution >= 0.6 is 0 Å². The number of nitro groups is 1. The summed E-state index contributed by atoms with van der Waals surface area (Å²) in [6.45, 7) is 3.90. The first-order valence-corrected chi connectivity index (χ1v) is 9.05. The Kier molecular flexibility index (Phi) is 6.01. The van der Waals surface area contributed by atoms with Gasteiger partial charge in [-0.15, -0.1) is 0 Å². The highest BCUT2D eigenvalue weighted by atomic mass is 16.6. The first kappa shape index (κ1) is 20.8. The zero-order valence-corrected chi connectivity index (χ0v) is 16.2. The summed E-state index contributed by atoms with van der Waals surface area (Å²) in [6.07, 6.45) is 0.101. The predicted molar refractivity (Wildman–Crippen MR) is 107 cm³/mol. The molecule has 2 aromatic carbocycles. The number of carboxylic acids is 1. The van der Waals surface area contributed by atoms with E-state index in [0.29, 0.717) is 5.57 Å². The highest BCUT2D eigenvalue weighted by molar-refractivity contribution is 6.01. The van der Waals surface area contributed by atoms with Crippen LogP contribution in [0, 0.1) is 10.1 Å². The van der Waals surface area contributed by atoms with Crippen molar-refractivity contribution < 1.29 is 29.1 Å². The molecular weight excluding hydrogens is 392 g/mol. The number of methoxy groups -OCH3 is 1. The molecule has 1 fully saturated rings. The van der Waals surface area contributed by atoms with E-state index in [1.165, 1.54) is 13.2 Å². The van der Waals surface area contributed by atoms with E-state index < -0.39 is 28.5 Å². The minimum absolute atomic E-state index is 0.0154. The largest absolute Gasteiger partial charge is 0.493 e. The number of ether oxygens (including phenoxy) is 2. The average molecular weight is 412 g/mol. The molecular formula is C21H20N2O7. The summed E-state index contributed by atoms with van der Waals surface area (Å²) in [5.74, 6) is -1.74. The maximum atomic E-state index is 13.0. The van der Waals surface area contributed by atoms with E-state index in [-0.39, 0.29) is 36.6 Å². The fourth-order valence-electron chi connectivity index (χ4n) is 3.27. The number of hydrogen-bond donors (Lipinski definition) is 1. The number of rotatable bonds is 7. The Morgan fingerprint density at radius 1 is 1.27 bits per heavy atom. The predicted octanol–water partition coefficient (Wildman–Crippen LogP) is 3.04. The molecule has 0 bridgehead atoms. The molecule has 0 spiro atoms. The number of hydrogen-bond acceptors (Lipinski definition) is 6. The maximum absolute atomic E-state index is 13.0. The quantitative estimate of drug-likeness (QED) is 0.422. The monoisotopic (exact) mass is 412 g/mol. The van der Waals surface area contributed by atoms with Gasteiger partial charge in [0.25, 0.3) is 11.6 Å². The standard InChI is InChI=1S/C21H20N2O7/c1-13-8-17(21(25)26)22(11-13)20(24)15-9-18(29-2)19(10-16(15)23(27)28)30-12-14-6-4-3-5-7-14/h3-7,9-10,17H,1,8,11-12H2,2H3,(H,25,26). The number of likely N-dealkylation sites (tertiary alicyclic amines) is 1. The second-order valence-electron chi connectivity index (χ2n) is 6.79. The van der Waals surface area contributed by atoms with E-state index in [2.05, 4.69) is 6.58 Å². The lowest BCUT2D eigenvalue weighted by atomic mass is 10.1. The molecule has 0 radical (unpaired) electrons. The van der Waals surface area contributed by atoms with Gasteiger partial charge in [-0.2, -0.15) is 0 Å². The molecule has 30 heavy (non-hydrogen) atoms. The number of nitrogens with zero attached hydrogens (tertiary/aromatic N) is 2. The minimum atomic E-state index is -1.19. The second-order valence-corrected chi connectivity index (χ2v) is 6.79. The molecule has 1 atom stereocenters. The molecule has 0 aliphatic carbocycles. The van der Waals surface area contributed by atoms with E-state index >= 15 is 0 Å². The van der Waals surface area contributed by atoms with Crippen molar-refractivity contribution in [2.75, 3.05) is 13.7 Å². The van der Waals surface area contributed by atoms with Crippen molar-refractivity contribution in [2.45, 2.75) is 19.1 Å². The normalized spacial score (nSPS) is 15.7. The average Bonchev–Trinajstić information content (AvgIpc) is 3.13. The van der Waals surface area contributed by atoms with Crippen molar-refractivity contribution >= 4 is 17.6 Å². The molecule has 3 rings (SSSR count). The maximum Gasteiger partial charge on any atom is 0.326 e. The van der Waals surface area contributed by atoms with Gasteiger partial charge in [0, 0.05) is 19.0 Å². The van der Waals surface area contributed by atoms with E-state index in [4.69, 9.17) is 9.47 Å². The lowest BCUT2D eigenvalue weighted by Gasteiger charge is -2.21. The van der Waals surface area contributed by atoms with Crippen LogP contribution in [0.5, 0.6) is 11.5 Å². The van der Waals surface area contributed by atoms with Crippen molar-refractivity contribution in [1.29, 1.82) is 0 Å². The van der Waals surface area contributed by atoms with Crippen LogP contribution in [0.3, 0.4) is 0 Å². The summed E-state index contributed by atoms with van der Waals surface area (Å²) in [6, 6.07) is 10.4. The topological polar surface area (TPSA) is 119 Å². The molecule has 1 amide bonds. The second kappa shape index (κ2) is 8.64. The van der Waals surface area contributed by atoms with Crippen LogP contribution in [-0.2, 0) is 11.4 Å². The first-order chi connectivity index (χ1) is 14.3. The number of benzene rings is 2. The van der Waals surface area contributed by atoms with Crippen LogP contribution in [0.4, 0.5) is 5.69 Å². The van der Waals surface area contributed by atoms with Crippen molar-refractivity contribution in [1.82, 2.24) is 4.90 Å². The highest BCUT2D eigenvalue weighted by Gasteiger charge is 2.39. The summed E-state index contributed by atoms with van der Waals surface area (Å²) in [5, 5.41) is 21.0. The molecule has 1 aliphatic heterocycles. The van der Waals surface area contributed by atoms with Crippen molar-refractivity contribution in [3.05, 3.63) is 75.9 Å². The van der Waals surface area contributed by atoms with Crippen molar-refractivity contribution in [2.24, 2.45) is 0 Å². The number of amides is 1. The molecule has 9 nitrogen and oxygen atoms in total. The Bertz CT molecular complexity index is 1000. The van der Waals surface area contributed by atoms with Gasteiger partial charge in [-0.25, -0.2) is 4.79 Å². The van der Waals surface area contributed by atoms with E-state index in [0.717, 1.165) is 16.5 Å². The molecule has 2 aromatic rings. The SMILES string of the molecule is C=C1CC(C(=O)O)N(C(=O)c2cc(OC)c(OCc3ccccc3)cc2[N+](=O)[O-])C1. The van der Waals surface area contributed by atoms with Crippen molar-refractivity contribution in [3.63, 3.8) is 0 Å². The first-order valence-electron chi connectivity index (χ1n) is 9.05. The Morgan fingerprint density at radius 2 is 1.97 bits per heavy atom. The summed E-state index contributed by atoms with van der Waals surface area (Å²) in [5.41, 5.74) is 0.644. The van der Waals surface area contributed by atoms with Gasteiger partial charge in [0.1, 0.15) is 18.2 Å². The Hall–Kier alpha value is -3.88. The molecule has 9 heteroatoms. The van der Waals surface area contributed by atoms with Gasteiger partial charge in [-0.1, -0.05) is 42.5 Å². The van der Waals surface area contributed by atoms with Crippen LogP contribution in [0.2, 0.25) is 0 Å². The van der Waals surface area contributed by atoms with Crippen LogP contribution in [-0.4, -0.2) is 46.5 Å². The fraction of sp³-hybridized carbons (Fsp3) is 0.238. The lowest BCUT2D eigenvalue weighted by Crippen LogP contribution is -2.40. The third-order valence-corrected chi connectivity index (χ3v) is 4.74. The zero-order chi connectivity index (χ0) is 21.8. The molecule has 1 N–H and O–H groups in total. The molecule has 0 aromatic heterocycles. The molecule has 1 aliphatic rings.